The van der Waals surface area contributed by atoms with Crippen LogP contribution in [0.2, 0.25) is 0 Å². The number of carbonyl (C=O) groups is 1. The van der Waals surface area contributed by atoms with Crippen molar-refractivity contribution < 1.29 is 19.4 Å². The summed E-state index contributed by atoms with van der Waals surface area (Å²) < 4.78 is 14.9. The van der Waals surface area contributed by atoms with Crippen LogP contribution in [0.15, 0.2) is 79.1 Å². The highest BCUT2D eigenvalue weighted by atomic mass is 16.7. The number of para-hydroxylation sites is 2. The zero-order valence-corrected chi connectivity index (χ0v) is 18.9. The first kappa shape index (κ1) is 22.3. The Bertz CT molecular complexity index is 1270. The molecule has 7 heteroatoms. The number of anilines is 1. The number of aliphatic hydroxyl groups is 1. The number of nitrogens with zero attached hydrogens (tertiary/aromatic N) is 2. The molecule has 0 unspecified atom stereocenters. The van der Waals surface area contributed by atoms with E-state index in [0.717, 1.165) is 33.4 Å². The number of rotatable bonds is 6. The van der Waals surface area contributed by atoms with Crippen molar-refractivity contribution in [3.8, 4) is 0 Å². The summed E-state index contributed by atoms with van der Waals surface area (Å²) in [6.45, 7) is 2.14. The van der Waals surface area contributed by atoms with E-state index in [9.17, 15) is 9.90 Å². The zero-order chi connectivity index (χ0) is 23.5. The Labute approximate surface area is 198 Å². The van der Waals surface area contributed by atoms with Crippen LogP contribution in [0.5, 0.6) is 0 Å². The van der Waals surface area contributed by atoms with E-state index in [1.165, 1.54) is 6.92 Å². The summed E-state index contributed by atoms with van der Waals surface area (Å²) in [6.07, 6.45) is 1.72. The third kappa shape index (κ3) is 4.87. The Morgan fingerprint density at radius 1 is 1.03 bits per heavy atom. The van der Waals surface area contributed by atoms with Crippen molar-refractivity contribution in [2.75, 3.05) is 5.32 Å². The van der Waals surface area contributed by atoms with Crippen LogP contribution >= 0.6 is 0 Å². The fourth-order valence-corrected chi connectivity index (χ4v) is 4.34. The van der Waals surface area contributed by atoms with Gasteiger partial charge in [0.2, 0.25) is 5.91 Å². The predicted molar refractivity (Wildman–Crippen MR) is 129 cm³/mol. The van der Waals surface area contributed by atoms with Crippen molar-refractivity contribution >= 4 is 22.6 Å². The van der Waals surface area contributed by atoms with E-state index >= 15 is 0 Å². The van der Waals surface area contributed by atoms with Gasteiger partial charge in [-0.15, -0.1) is 0 Å². The molecule has 7 nitrogen and oxygen atoms in total. The van der Waals surface area contributed by atoms with Crippen molar-refractivity contribution in [2.24, 2.45) is 0 Å². The molecule has 0 bridgehead atoms. The van der Waals surface area contributed by atoms with Gasteiger partial charge in [0.15, 0.2) is 6.29 Å². The van der Waals surface area contributed by atoms with Gasteiger partial charge in [0.25, 0.3) is 0 Å². The molecule has 5 rings (SSSR count). The van der Waals surface area contributed by atoms with E-state index in [1.807, 2.05) is 73.1 Å². The molecule has 0 saturated carbocycles. The number of fused-ring (bicyclic) bond motifs is 1. The van der Waals surface area contributed by atoms with Gasteiger partial charge in [-0.25, -0.2) is 4.98 Å². The van der Waals surface area contributed by atoms with Gasteiger partial charge in [-0.1, -0.05) is 48.5 Å². The van der Waals surface area contributed by atoms with Crippen LogP contribution in [-0.4, -0.2) is 26.7 Å². The molecular formula is C27H27N3O4. The van der Waals surface area contributed by atoms with Gasteiger partial charge < -0.3 is 24.5 Å². The smallest absolute Gasteiger partial charge is 0.221 e. The van der Waals surface area contributed by atoms with Gasteiger partial charge in [-0.05, 0) is 35.4 Å². The fourth-order valence-electron chi connectivity index (χ4n) is 4.34. The largest absolute Gasteiger partial charge is 0.392 e. The van der Waals surface area contributed by atoms with Crippen molar-refractivity contribution in [3.63, 3.8) is 0 Å². The van der Waals surface area contributed by atoms with Crippen molar-refractivity contribution in [3.05, 3.63) is 95.8 Å². The summed E-state index contributed by atoms with van der Waals surface area (Å²) in [7, 11) is 0. The maximum absolute atomic E-state index is 11.3. The molecule has 0 spiro atoms. The normalized spacial score (nSPS) is 20.4. The van der Waals surface area contributed by atoms with Gasteiger partial charge in [0, 0.05) is 24.6 Å². The third-order valence-electron chi connectivity index (χ3n) is 6.05. The summed E-state index contributed by atoms with van der Waals surface area (Å²) in [5.41, 5.74) is 5.53. The molecule has 1 aliphatic heterocycles. The fraction of sp³-hybridized carbons (Fsp3) is 0.259. The van der Waals surface area contributed by atoms with Crippen LogP contribution in [0.4, 0.5) is 5.69 Å². The Kier molecular flexibility index (Phi) is 6.40. The molecule has 1 aliphatic rings. The van der Waals surface area contributed by atoms with Gasteiger partial charge in [0.1, 0.15) is 0 Å². The maximum atomic E-state index is 11.3. The lowest BCUT2D eigenvalue weighted by molar-refractivity contribution is -0.252. The summed E-state index contributed by atoms with van der Waals surface area (Å²) in [6, 6.07) is 23.4. The lowest BCUT2D eigenvalue weighted by Gasteiger charge is -2.36. The predicted octanol–water partition coefficient (Wildman–Crippen LogP) is 4.73. The first-order chi connectivity index (χ1) is 16.6. The minimum absolute atomic E-state index is 0.00845. The number of benzene rings is 3. The molecule has 1 saturated heterocycles. The average Bonchev–Trinajstić information content (AvgIpc) is 3.27. The SMILES string of the molecule is CC(=O)Nc1ccc([C@@H]2O[C@H](Cn3cnc4ccccc43)C[C@H](c3ccc(CO)cc3)O2)cc1. The van der Waals surface area contributed by atoms with E-state index in [4.69, 9.17) is 9.47 Å². The van der Waals surface area contributed by atoms with Crippen LogP contribution in [0, 0.1) is 0 Å². The molecule has 3 aromatic carbocycles. The Hall–Kier alpha value is -3.52. The summed E-state index contributed by atoms with van der Waals surface area (Å²) >= 11 is 0. The maximum Gasteiger partial charge on any atom is 0.221 e. The van der Waals surface area contributed by atoms with E-state index in [-0.39, 0.29) is 24.7 Å². The average molecular weight is 458 g/mol. The lowest BCUT2D eigenvalue weighted by atomic mass is 10.00. The molecule has 0 aliphatic carbocycles. The van der Waals surface area contributed by atoms with E-state index in [2.05, 4.69) is 20.9 Å². The monoisotopic (exact) mass is 457 g/mol. The number of amides is 1. The topological polar surface area (TPSA) is 85.6 Å². The van der Waals surface area contributed by atoms with Crippen LogP contribution in [0.1, 0.15) is 42.4 Å². The highest BCUT2D eigenvalue weighted by Crippen LogP contribution is 2.38. The summed E-state index contributed by atoms with van der Waals surface area (Å²) in [5.74, 6) is -0.114. The number of ether oxygens (including phenoxy) is 2. The minimum Gasteiger partial charge on any atom is -0.392 e. The molecule has 34 heavy (non-hydrogen) atoms. The van der Waals surface area contributed by atoms with Crippen LogP contribution in [0.3, 0.4) is 0 Å². The van der Waals surface area contributed by atoms with E-state index in [1.54, 1.807) is 0 Å². The van der Waals surface area contributed by atoms with Crippen LogP contribution < -0.4 is 5.32 Å². The number of aromatic nitrogens is 2. The number of hydrogen-bond acceptors (Lipinski definition) is 5. The zero-order valence-electron chi connectivity index (χ0n) is 18.9. The van der Waals surface area contributed by atoms with Crippen LogP contribution in [-0.2, 0) is 27.4 Å². The number of nitrogens with one attached hydrogen (secondary N) is 1. The van der Waals surface area contributed by atoms with Gasteiger partial charge in [-0.3, -0.25) is 4.79 Å². The molecule has 1 amide bonds. The van der Waals surface area contributed by atoms with Crippen molar-refractivity contribution in [1.82, 2.24) is 9.55 Å². The molecule has 2 N–H and O–H groups in total. The standard InChI is InChI=1S/C27H27N3O4/c1-18(32)29-22-12-10-21(11-13-22)27-33-23(15-30-17-28-24-4-2-3-5-25(24)30)14-26(34-27)20-8-6-19(16-31)7-9-20/h2-13,17,23,26-27,31H,14-16H2,1H3,(H,29,32)/t23-,26+,27+/m0/s1. The first-order valence-corrected chi connectivity index (χ1v) is 11.4. The second kappa shape index (κ2) is 9.77. The lowest BCUT2D eigenvalue weighted by Crippen LogP contribution is -2.32. The van der Waals surface area contributed by atoms with Gasteiger partial charge in [0.05, 0.1) is 42.7 Å². The molecule has 0 radical (unpaired) electrons. The van der Waals surface area contributed by atoms with Crippen molar-refractivity contribution in [1.29, 1.82) is 0 Å². The second-order valence-corrected chi connectivity index (χ2v) is 8.54. The van der Waals surface area contributed by atoms with E-state index < -0.39 is 6.29 Å². The minimum atomic E-state index is -0.553. The Balaban J connectivity index is 1.41. The number of hydrogen-bond donors (Lipinski definition) is 2. The quantitative estimate of drug-likeness (QED) is 0.437. The number of aliphatic hydroxyl groups excluding tert-OH is 1. The molecule has 4 aromatic rings. The highest BCUT2D eigenvalue weighted by Gasteiger charge is 2.32. The van der Waals surface area contributed by atoms with E-state index in [0.29, 0.717) is 13.0 Å². The second-order valence-electron chi connectivity index (χ2n) is 8.54. The molecule has 174 valence electrons. The summed E-state index contributed by atoms with van der Waals surface area (Å²) in [4.78, 5) is 15.9. The summed E-state index contributed by atoms with van der Waals surface area (Å²) in [5, 5.41) is 12.2. The van der Waals surface area contributed by atoms with Gasteiger partial charge >= 0.3 is 0 Å². The molecular weight excluding hydrogens is 430 g/mol. The molecule has 2 heterocycles. The Morgan fingerprint density at radius 2 is 1.76 bits per heavy atom. The molecule has 3 atom stereocenters. The molecule has 1 fully saturated rings. The van der Waals surface area contributed by atoms with Crippen molar-refractivity contribution in [2.45, 2.75) is 45.0 Å². The number of imidazole rings is 1. The van der Waals surface area contributed by atoms with Gasteiger partial charge in [-0.2, -0.15) is 0 Å². The third-order valence-corrected chi connectivity index (χ3v) is 6.05. The number of carbonyl (C=O) groups excluding carboxylic acids is 1. The van der Waals surface area contributed by atoms with Crippen LogP contribution in [0.25, 0.3) is 11.0 Å². The Morgan fingerprint density at radius 3 is 2.50 bits per heavy atom. The highest BCUT2D eigenvalue weighted by molar-refractivity contribution is 5.88. The molecule has 1 aromatic heterocycles. The first-order valence-electron chi connectivity index (χ1n) is 11.4.